The predicted molar refractivity (Wildman–Crippen MR) is 55.4 cm³/mol. The van der Waals surface area contributed by atoms with E-state index in [0.29, 0.717) is 12.4 Å². The highest BCUT2D eigenvalue weighted by atomic mass is 79.9. The topological polar surface area (TPSA) is 69.6 Å². The molecule has 15 heavy (non-hydrogen) atoms. The first-order valence-corrected chi connectivity index (χ1v) is 5.50. The summed E-state index contributed by atoms with van der Waals surface area (Å²) in [6.45, 7) is 2.53. The van der Waals surface area contributed by atoms with Crippen molar-refractivity contribution >= 4 is 15.9 Å². The molecule has 0 aliphatic rings. The Hall–Kier alpha value is -1.24. The molecule has 2 heterocycles. The maximum atomic E-state index is 4.87. The van der Waals surface area contributed by atoms with Crippen molar-refractivity contribution in [3.05, 3.63) is 24.1 Å². The molecule has 80 valence electrons. The SMILES string of the molecule is CCC(Br)c1cn(Cc2ncno2)nn1. The van der Waals surface area contributed by atoms with Crippen LogP contribution in [0.4, 0.5) is 0 Å². The van der Waals surface area contributed by atoms with Gasteiger partial charge in [0.05, 0.1) is 16.7 Å². The first kappa shape index (κ1) is 10.3. The van der Waals surface area contributed by atoms with Crippen LogP contribution >= 0.6 is 15.9 Å². The van der Waals surface area contributed by atoms with Gasteiger partial charge in [0.25, 0.3) is 0 Å². The molecule has 1 unspecified atom stereocenters. The third-order valence-electron chi connectivity index (χ3n) is 1.94. The van der Waals surface area contributed by atoms with E-state index in [-0.39, 0.29) is 4.83 Å². The van der Waals surface area contributed by atoms with E-state index in [0.717, 1.165) is 12.1 Å². The van der Waals surface area contributed by atoms with Gasteiger partial charge >= 0.3 is 0 Å². The molecule has 0 aliphatic carbocycles. The van der Waals surface area contributed by atoms with Gasteiger partial charge in [-0.3, -0.25) is 0 Å². The van der Waals surface area contributed by atoms with Gasteiger partial charge in [-0.2, -0.15) is 4.98 Å². The molecule has 0 amide bonds. The molecule has 0 N–H and O–H groups in total. The van der Waals surface area contributed by atoms with Crippen LogP contribution in [0.15, 0.2) is 17.0 Å². The van der Waals surface area contributed by atoms with Gasteiger partial charge in [0.2, 0.25) is 5.89 Å². The maximum absolute atomic E-state index is 4.87. The lowest BCUT2D eigenvalue weighted by molar-refractivity contribution is 0.363. The van der Waals surface area contributed by atoms with Crippen molar-refractivity contribution in [1.29, 1.82) is 0 Å². The van der Waals surface area contributed by atoms with E-state index in [4.69, 9.17) is 4.52 Å². The van der Waals surface area contributed by atoms with E-state index in [1.165, 1.54) is 6.33 Å². The Morgan fingerprint density at radius 2 is 2.47 bits per heavy atom. The van der Waals surface area contributed by atoms with Gasteiger partial charge in [-0.1, -0.05) is 33.2 Å². The number of nitrogens with zero attached hydrogens (tertiary/aromatic N) is 5. The molecule has 0 aromatic carbocycles. The van der Waals surface area contributed by atoms with Crippen LogP contribution in [0.1, 0.15) is 29.8 Å². The van der Waals surface area contributed by atoms with Crippen molar-refractivity contribution in [2.45, 2.75) is 24.7 Å². The fourth-order valence-electron chi connectivity index (χ4n) is 1.15. The van der Waals surface area contributed by atoms with Crippen LogP contribution in [-0.2, 0) is 6.54 Å². The molecule has 0 saturated heterocycles. The minimum atomic E-state index is 0.244. The second kappa shape index (κ2) is 4.52. The third kappa shape index (κ3) is 2.41. The molecule has 0 saturated carbocycles. The van der Waals surface area contributed by atoms with Crippen LogP contribution in [0.5, 0.6) is 0 Å². The van der Waals surface area contributed by atoms with Gasteiger partial charge in [-0.05, 0) is 6.42 Å². The smallest absolute Gasteiger partial charge is 0.248 e. The molecule has 7 heteroatoms. The number of hydrogen-bond donors (Lipinski definition) is 0. The molecule has 2 rings (SSSR count). The van der Waals surface area contributed by atoms with Crippen LogP contribution in [-0.4, -0.2) is 25.1 Å². The summed E-state index contributed by atoms with van der Waals surface area (Å²) in [6, 6.07) is 0. The fraction of sp³-hybridized carbons (Fsp3) is 0.500. The van der Waals surface area contributed by atoms with Gasteiger partial charge in [-0.15, -0.1) is 5.10 Å². The Balaban J connectivity index is 2.07. The monoisotopic (exact) mass is 271 g/mol. The first-order chi connectivity index (χ1) is 7.29. The van der Waals surface area contributed by atoms with Crippen LogP contribution in [0.3, 0.4) is 0 Å². The van der Waals surface area contributed by atoms with Gasteiger partial charge in [0, 0.05) is 0 Å². The molecule has 0 fully saturated rings. The molecule has 6 nitrogen and oxygen atoms in total. The van der Waals surface area contributed by atoms with Crippen LogP contribution in [0, 0.1) is 0 Å². The Bertz CT molecular complexity index is 412. The third-order valence-corrected chi connectivity index (χ3v) is 3.06. The lowest BCUT2D eigenvalue weighted by atomic mass is 10.3. The summed E-state index contributed by atoms with van der Waals surface area (Å²) in [4.78, 5) is 4.15. The fourth-order valence-corrected chi connectivity index (χ4v) is 1.36. The Morgan fingerprint density at radius 3 is 3.13 bits per heavy atom. The zero-order chi connectivity index (χ0) is 10.7. The molecule has 0 radical (unpaired) electrons. The van der Waals surface area contributed by atoms with Gasteiger partial charge in [0.1, 0.15) is 6.54 Å². The average molecular weight is 272 g/mol. The lowest BCUT2D eigenvalue weighted by Crippen LogP contribution is -2.00. The number of halogens is 1. The Morgan fingerprint density at radius 1 is 1.60 bits per heavy atom. The van der Waals surface area contributed by atoms with E-state index in [1.807, 2.05) is 6.20 Å². The second-order valence-electron chi connectivity index (χ2n) is 3.05. The lowest BCUT2D eigenvalue weighted by Gasteiger charge is -1.98. The minimum Gasteiger partial charge on any atom is -0.338 e. The maximum Gasteiger partial charge on any atom is 0.248 e. The summed E-state index contributed by atoms with van der Waals surface area (Å²) in [5.41, 5.74) is 0.914. The molecular formula is C8H10BrN5O. The van der Waals surface area contributed by atoms with E-state index in [1.54, 1.807) is 4.68 Å². The minimum absolute atomic E-state index is 0.244. The molecule has 2 aromatic rings. The van der Waals surface area contributed by atoms with Crippen molar-refractivity contribution in [2.24, 2.45) is 0 Å². The van der Waals surface area contributed by atoms with Gasteiger partial charge in [-0.25, -0.2) is 4.68 Å². The van der Waals surface area contributed by atoms with E-state index >= 15 is 0 Å². The molecule has 2 aromatic heterocycles. The molecular weight excluding hydrogens is 262 g/mol. The summed E-state index contributed by atoms with van der Waals surface area (Å²) < 4.78 is 6.55. The van der Waals surface area contributed by atoms with Crippen molar-refractivity contribution in [3.63, 3.8) is 0 Å². The molecule has 1 atom stereocenters. The average Bonchev–Trinajstić information content (AvgIpc) is 2.88. The molecule has 0 spiro atoms. The number of alkyl halides is 1. The van der Waals surface area contributed by atoms with Crippen LogP contribution in [0.2, 0.25) is 0 Å². The zero-order valence-corrected chi connectivity index (χ0v) is 9.75. The second-order valence-corrected chi connectivity index (χ2v) is 4.16. The summed E-state index contributed by atoms with van der Waals surface area (Å²) in [7, 11) is 0. The van der Waals surface area contributed by atoms with Crippen LogP contribution < -0.4 is 0 Å². The highest BCUT2D eigenvalue weighted by molar-refractivity contribution is 9.09. The van der Waals surface area contributed by atoms with Crippen molar-refractivity contribution in [3.8, 4) is 0 Å². The van der Waals surface area contributed by atoms with E-state index in [2.05, 4.69) is 43.3 Å². The van der Waals surface area contributed by atoms with Gasteiger partial charge < -0.3 is 4.52 Å². The Kier molecular flexibility index (Phi) is 3.10. The summed E-state index contributed by atoms with van der Waals surface area (Å²) in [5, 5.41) is 11.5. The summed E-state index contributed by atoms with van der Waals surface area (Å²) in [5.74, 6) is 0.522. The van der Waals surface area contributed by atoms with Crippen molar-refractivity contribution in [1.82, 2.24) is 25.1 Å². The number of hydrogen-bond acceptors (Lipinski definition) is 5. The Labute approximate surface area is 94.8 Å². The van der Waals surface area contributed by atoms with Crippen LogP contribution in [0.25, 0.3) is 0 Å². The zero-order valence-electron chi connectivity index (χ0n) is 8.17. The summed E-state index contributed by atoms with van der Waals surface area (Å²) >= 11 is 3.51. The van der Waals surface area contributed by atoms with E-state index in [9.17, 15) is 0 Å². The normalized spacial score (nSPS) is 12.9. The highest BCUT2D eigenvalue weighted by Crippen LogP contribution is 2.23. The standard InChI is InChI=1S/C8H10BrN5O/c1-2-6(9)7-3-14(13-12-7)4-8-10-5-11-15-8/h3,5-6H,2,4H2,1H3. The van der Waals surface area contributed by atoms with Crippen molar-refractivity contribution in [2.75, 3.05) is 0 Å². The molecule has 0 aliphatic heterocycles. The predicted octanol–water partition coefficient (Wildman–Crippen LogP) is 1.56. The van der Waals surface area contributed by atoms with Gasteiger partial charge in [0.15, 0.2) is 6.33 Å². The first-order valence-electron chi connectivity index (χ1n) is 4.59. The van der Waals surface area contributed by atoms with Crippen molar-refractivity contribution < 1.29 is 4.52 Å². The molecule has 0 bridgehead atoms. The number of rotatable bonds is 4. The highest BCUT2D eigenvalue weighted by Gasteiger charge is 2.10. The number of aromatic nitrogens is 5. The summed E-state index contributed by atoms with van der Waals surface area (Å²) in [6.07, 6.45) is 4.21. The largest absolute Gasteiger partial charge is 0.338 e. The van der Waals surface area contributed by atoms with E-state index < -0.39 is 0 Å². The quantitative estimate of drug-likeness (QED) is 0.790.